The number of hydrazine groups is 1. The number of carbonyl (C=O) groups is 1. The number of nitrogens with one attached hydrogen (secondary N) is 2. The summed E-state index contributed by atoms with van der Waals surface area (Å²) in [5, 5.41) is 9.54. The molecule has 0 saturated heterocycles. The highest BCUT2D eigenvalue weighted by Crippen LogP contribution is 2.27. The Balaban J connectivity index is 1.60. The van der Waals surface area contributed by atoms with E-state index in [4.69, 9.17) is 26.2 Å². The number of aliphatic hydroxyl groups is 1. The van der Waals surface area contributed by atoms with Gasteiger partial charge in [0, 0.05) is 36.6 Å². The number of benzene rings is 2. The van der Waals surface area contributed by atoms with Gasteiger partial charge in [0.2, 0.25) is 5.90 Å². The molecule has 1 amide bonds. The Labute approximate surface area is 193 Å². The number of amides is 1. The van der Waals surface area contributed by atoms with Crippen molar-refractivity contribution in [2.75, 3.05) is 26.4 Å². The lowest BCUT2D eigenvalue weighted by molar-refractivity contribution is -0.127. The van der Waals surface area contributed by atoms with Crippen molar-refractivity contribution in [3.63, 3.8) is 0 Å². The van der Waals surface area contributed by atoms with Gasteiger partial charge in [-0.05, 0) is 42.3 Å². The zero-order valence-electron chi connectivity index (χ0n) is 17.9. The molecule has 1 heterocycles. The van der Waals surface area contributed by atoms with E-state index in [-0.39, 0.29) is 19.1 Å². The van der Waals surface area contributed by atoms with E-state index in [0.717, 1.165) is 11.1 Å². The Morgan fingerprint density at radius 3 is 2.78 bits per heavy atom. The van der Waals surface area contributed by atoms with E-state index in [9.17, 15) is 4.79 Å². The smallest absolute Gasteiger partial charge is 0.266 e. The van der Waals surface area contributed by atoms with E-state index in [1.807, 2.05) is 48.5 Å². The van der Waals surface area contributed by atoms with Gasteiger partial charge in [0.05, 0.1) is 6.61 Å². The predicted octanol–water partition coefficient (Wildman–Crippen LogP) is 3.06. The van der Waals surface area contributed by atoms with Gasteiger partial charge in [-0.1, -0.05) is 35.9 Å². The molecule has 0 radical (unpaired) electrons. The molecule has 0 fully saturated rings. The van der Waals surface area contributed by atoms with E-state index in [1.54, 1.807) is 6.08 Å². The minimum Gasteiger partial charge on any atom is -0.494 e. The fourth-order valence-electron chi connectivity index (χ4n) is 3.25. The summed E-state index contributed by atoms with van der Waals surface area (Å²) in [5.74, 6) is 0.814. The Bertz CT molecular complexity index is 949. The molecule has 1 aliphatic heterocycles. The van der Waals surface area contributed by atoms with Crippen LogP contribution in [0.15, 0.2) is 66.2 Å². The molecule has 170 valence electrons. The molecule has 1 atom stereocenters. The van der Waals surface area contributed by atoms with Crippen molar-refractivity contribution in [2.45, 2.75) is 24.8 Å². The first-order valence-electron chi connectivity index (χ1n) is 10.5. The van der Waals surface area contributed by atoms with E-state index in [1.165, 1.54) is 0 Å². The van der Waals surface area contributed by atoms with E-state index < -0.39 is 5.54 Å². The molecule has 0 saturated carbocycles. The number of carbonyl (C=O) groups excluding carboxylic acids is 1. The average Bonchev–Trinajstić information content (AvgIpc) is 3.24. The third-order valence-corrected chi connectivity index (χ3v) is 5.39. The highest BCUT2D eigenvalue weighted by molar-refractivity contribution is 6.31. The van der Waals surface area contributed by atoms with E-state index in [2.05, 4.69) is 22.4 Å². The molecule has 3 rings (SSSR count). The molecular weight excluding hydrogens is 430 g/mol. The van der Waals surface area contributed by atoms with Crippen molar-refractivity contribution < 1.29 is 19.4 Å². The normalized spacial score (nSPS) is 17.4. The molecule has 2 aromatic carbocycles. The summed E-state index contributed by atoms with van der Waals surface area (Å²) >= 11 is 6.17. The van der Waals surface area contributed by atoms with Crippen LogP contribution in [0.3, 0.4) is 0 Å². The average molecular weight is 458 g/mol. The summed E-state index contributed by atoms with van der Waals surface area (Å²) in [4.78, 5) is 17.5. The number of aliphatic imine (C=N–C) groups is 1. The molecule has 32 heavy (non-hydrogen) atoms. The number of ether oxygens (including phenoxy) is 2. The van der Waals surface area contributed by atoms with Crippen LogP contribution in [0.2, 0.25) is 5.02 Å². The van der Waals surface area contributed by atoms with Gasteiger partial charge in [-0.3, -0.25) is 10.2 Å². The van der Waals surface area contributed by atoms with Crippen LogP contribution in [0, 0.1) is 0 Å². The van der Waals surface area contributed by atoms with Gasteiger partial charge >= 0.3 is 0 Å². The lowest BCUT2D eigenvalue weighted by Gasteiger charge is -2.21. The zero-order chi connectivity index (χ0) is 22.8. The highest BCUT2D eigenvalue weighted by atomic mass is 35.5. The molecule has 3 N–H and O–H groups in total. The van der Waals surface area contributed by atoms with Crippen LogP contribution in [-0.4, -0.2) is 48.8 Å². The first kappa shape index (κ1) is 23.8. The van der Waals surface area contributed by atoms with Crippen LogP contribution in [0.4, 0.5) is 0 Å². The van der Waals surface area contributed by atoms with Gasteiger partial charge in [-0.15, -0.1) is 6.58 Å². The largest absolute Gasteiger partial charge is 0.494 e. The van der Waals surface area contributed by atoms with Gasteiger partial charge in [-0.25, -0.2) is 10.4 Å². The summed E-state index contributed by atoms with van der Waals surface area (Å²) in [5.41, 5.74) is 6.38. The fourth-order valence-corrected chi connectivity index (χ4v) is 3.48. The fraction of sp³-hybridized carbons (Fsp3) is 0.333. The Kier molecular flexibility index (Phi) is 8.67. The quantitative estimate of drug-likeness (QED) is 0.259. The summed E-state index contributed by atoms with van der Waals surface area (Å²) in [6.45, 7) is 4.95. The highest BCUT2D eigenvalue weighted by Gasteiger charge is 2.43. The Morgan fingerprint density at radius 2 is 2.06 bits per heavy atom. The molecule has 2 aromatic rings. The topological polar surface area (TPSA) is 92.2 Å². The van der Waals surface area contributed by atoms with Crippen LogP contribution < -0.4 is 15.6 Å². The summed E-state index contributed by atoms with van der Waals surface area (Å²) in [6.07, 6.45) is 3.25. The third-order valence-electron chi connectivity index (χ3n) is 5.02. The monoisotopic (exact) mass is 457 g/mol. The maximum absolute atomic E-state index is 12.9. The molecule has 7 nitrogen and oxygen atoms in total. The van der Waals surface area contributed by atoms with Gasteiger partial charge in [0.1, 0.15) is 12.4 Å². The van der Waals surface area contributed by atoms with Crippen molar-refractivity contribution in [1.82, 2.24) is 10.9 Å². The lowest BCUT2D eigenvalue weighted by Crippen LogP contribution is -2.51. The van der Waals surface area contributed by atoms with E-state index >= 15 is 0 Å². The van der Waals surface area contributed by atoms with Crippen LogP contribution >= 0.6 is 11.6 Å². The summed E-state index contributed by atoms with van der Waals surface area (Å²) in [6, 6.07) is 14.9. The number of hydrogen-bond acceptors (Lipinski definition) is 6. The number of nitrogens with zero attached hydrogens (tertiary/aromatic N) is 1. The van der Waals surface area contributed by atoms with Crippen LogP contribution in [0.25, 0.3) is 0 Å². The van der Waals surface area contributed by atoms with Crippen molar-refractivity contribution in [1.29, 1.82) is 0 Å². The predicted molar refractivity (Wildman–Crippen MR) is 125 cm³/mol. The molecule has 0 bridgehead atoms. The van der Waals surface area contributed by atoms with Crippen LogP contribution in [0.5, 0.6) is 5.75 Å². The Morgan fingerprint density at radius 1 is 1.28 bits per heavy atom. The zero-order valence-corrected chi connectivity index (χ0v) is 18.6. The van der Waals surface area contributed by atoms with Crippen LogP contribution in [0.1, 0.15) is 24.0 Å². The first-order valence-corrected chi connectivity index (χ1v) is 10.9. The lowest BCUT2D eigenvalue weighted by atomic mass is 9.97. The second-order valence-corrected chi connectivity index (χ2v) is 7.81. The number of aliphatic hydroxyl groups excluding tert-OH is 1. The second kappa shape index (κ2) is 11.7. The minimum atomic E-state index is -1.08. The second-order valence-electron chi connectivity index (χ2n) is 7.40. The number of halogens is 1. The van der Waals surface area contributed by atoms with Crippen molar-refractivity contribution in [3.8, 4) is 5.75 Å². The van der Waals surface area contributed by atoms with Gasteiger partial charge < -0.3 is 14.6 Å². The molecule has 1 aliphatic rings. The summed E-state index contributed by atoms with van der Waals surface area (Å²) < 4.78 is 11.3. The van der Waals surface area contributed by atoms with E-state index in [0.29, 0.717) is 49.1 Å². The number of rotatable bonds is 12. The number of hydrogen-bond donors (Lipinski definition) is 3. The molecule has 0 aromatic heterocycles. The van der Waals surface area contributed by atoms with Crippen LogP contribution in [-0.2, 0) is 16.0 Å². The third kappa shape index (κ3) is 6.09. The molecule has 0 aliphatic carbocycles. The first-order chi connectivity index (χ1) is 15.6. The van der Waals surface area contributed by atoms with Crippen molar-refractivity contribution >= 4 is 23.4 Å². The Hall–Kier alpha value is -2.87. The molecule has 8 heteroatoms. The molecule has 0 spiro atoms. The van der Waals surface area contributed by atoms with Crippen molar-refractivity contribution in [2.24, 2.45) is 4.99 Å². The maximum atomic E-state index is 12.9. The van der Waals surface area contributed by atoms with Crippen molar-refractivity contribution in [3.05, 3.63) is 77.3 Å². The van der Waals surface area contributed by atoms with Gasteiger partial charge in [-0.2, -0.15) is 0 Å². The standard InChI is InChI=1S/C24H28ClN3O4/c1-2-13-24(23(30)28-26-14-12-18-6-3-4-7-21(18)25)17-32-22(27-24)19-8-10-20(11-9-19)31-16-5-15-29/h2-4,6-11,26,29H,1,5,12-17H2,(H,28,30)/t24-/m0/s1. The SMILES string of the molecule is C=CC[C@@]1(C(=O)NNCCc2ccccc2Cl)COC(c2ccc(OCCCO)cc2)=N1. The molecular formula is C24H28ClN3O4. The van der Waals surface area contributed by atoms with Gasteiger partial charge in [0.15, 0.2) is 5.54 Å². The maximum Gasteiger partial charge on any atom is 0.266 e. The minimum absolute atomic E-state index is 0.0883. The van der Waals surface area contributed by atoms with Gasteiger partial charge in [0.25, 0.3) is 5.91 Å². The summed E-state index contributed by atoms with van der Waals surface area (Å²) in [7, 11) is 0. The molecule has 0 unspecified atom stereocenters.